The van der Waals surface area contributed by atoms with Crippen molar-refractivity contribution >= 4 is 5.91 Å². The first-order chi connectivity index (χ1) is 13.8. The molecule has 0 N–H and O–H groups in total. The van der Waals surface area contributed by atoms with E-state index in [2.05, 4.69) is 4.99 Å². The maximum atomic E-state index is 14.4. The molecule has 0 unspecified atom stereocenters. The van der Waals surface area contributed by atoms with Gasteiger partial charge < -0.3 is 0 Å². The molecule has 0 spiro atoms. The number of hydrogen-bond acceptors (Lipinski definition) is 1. The molecule has 0 atom stereocenters. The highest BCUT2D eigenvalue weighted by atomic mass is 19.4. The Labute approximate surface area is 163 Å². The van der Waals surface area contributed by atoms with Crippen LogP contribution in [0.3, 0.4) is 0 Å². The molecule has 0 saturated heterocycles. The van der Waals surface area contributed by atoms with Gasteiger partial charge in [-0.1, -0.05) is 24.3 Å². The molecule has 4 nitrogen and oxygen atoms in total. The lowest BCUT2D eigenvalue weighted by molar-refractivity contribution is -0.140. The summed E-state index contributed by atoms with van der Waals surface area (Å²) >= 11 is 0. The zero-order valence-corrected chi connectivity index (χ0v) is 15.4. The highest BCUT2D eigenvalue weighted by molar-refractivity contribution is 5.95. The summed E-state index contributed by atoms with van der Waals surface area (Å²) in [4.78, 5) is 16.6. The molecule has 2 aromatic carbocycles. The third-order valence-electron chi connectivity index (χ3n) is 4.91. The molecule has 1 saturated carbocycles. The Morgan fingerprint density at radius 2 is 1.76 bits per heavy atom. The Morgan fingerprint density at radius 3 is 2.38 bits per heavy atom. The maximum Gasteiger partial charge on any atom is 0.419 e. The van der Waals surface area contributed by atoms with Gasteiger partial charge in [-0.25, -0.2) is 9.07 Å². The average molecular weight is 403 g/mol. The minimum absolute atomic E-state index is 0.238. The molecule has 0 aliphatic heterocycles. The van der Waals surface area contributed by atoms with Crippen LogP contribution in [0.15, 0.2) is 59.6 Å². The van der Waals surface area contributed by atoms with Crippen molar-refractivity contribution in [1.29, 1.82) is 0 Å². The minimum atomic E-state index is -4.89. The molecule has 1 aliphatic carbocycles. The van der Waals surface area contributed by atoms with Crippen molar-refractivity contribution in [1.82, 2.24) is 9.36 Å². The van der Waals surface area contributed by atoms with Gasteiger partial charge in [-0.3, -0.25) is 9.48 Å². The second-order valence-corrected chi connectivity index (χ2v) is 6.95. The van der Waals surface area contributed by atoms with Gasteiger partial charge in [-0.15, -0.1) is 0 Å². The fourth-order valence-electron chi connectivity index (χ4n) is 3.35. The lowest BCUT2D eigenvalue weighted by Gasteiger charge is -2.11. The van der Waals surface area contributed by atoms with E-state index in [0.29, 0.717) is 12.0 Å². The first kappa shape index (κ1) is 19.2. The van der Waals surface area contributed by atoms with E-state index in [1.807, 2.05) is 42.1 Å². The van der Waals surface area contributed by atoms with Gasteiger partial charge in [-0.05, 0) is 37.1 Å². The van der Waals surface area contributed by atoms with Gasteiger partial charge in [0.2, 0.25) is 0 Å². The number of aromatic nitrogens is 2. The summed E-state index contributed by atoms with van der Waals surface area (Å²) < 4.78 is 56.8. The molecular formula is C21H17F4N3O. The van der Waals surface area contributed by atoms with Crippen molar-refractivity contribution in [3.05, 3.63) is 82.7 Å². The lowest BCUT2D eigenvalue weighted by atomic mass is 10.1. The quantitative estimate of drug-likeness (QED) is 0.590. The lowest BCUT2D eigenvalue weighted by Crippen LogP contribution is -2.22. The zero-order valence-electron chi connectivity index (χ0n) is 15.4. The van der Waals surface area contributed by atoms with E-state index in [4.69, 9.17) is 0 Å². The molecule has 150 valence electrons. The summed E-state index contributed by atoms with van der Waals surface area (Å²) in [5.74, 6) is -2.33. The molecule has 0 radical (unpaired) electrons. The second kappa shape index (κ2) is 7.02. The third-order valence-corrected chi connectivity index (χ3v) is 4.91. The van der Waals surface area contributed by atoms with Gasteiger partial charge >= 0.3 is 6.18 Å². The van der Waals surface area contributed by atoms with Gasteiger partial charge in [0.1, 0.15) is 5.82 Å². The normalized spacial score (nSPS) is 15.0. The van der Waals surface area contributed by atoms with E-state index in [0.717, 1.165) is 36.4 Å². The topological polar surface area (TPSA) is 39.3 Å². The van der Waals surface area contributed by atoms with Gasteiger partial charge in [0, 0.05) is 24.7 Å². The van der Waals surface area contributed by atoms with E-state index in [9.17, 15) is 22.4 Å². The number of para-hydroxylation sites is 1. The largest absolute Gasteiger partial charge is 0.419 e. The van der Waals surface area contributed by atoms with Gasteiger partial charge in [0.15, 0.2) is 5.49 Å². The maximum absolute atomic E-state index is 14.4. The summed E-state index contributed by atoms with van der Waals surface area (Å²) in [6.07, 6.45) is -2.86. The Bertz CT molecular complexity index is 1140. The van der Waals surface area contributed by atoms with Crippen molar-refractivity contribution in [2.24, 2.45) is 12.0 Å². The van der Waals surface area contributed by atoms with Crippen LogP contribution in [0.4, 0.5) is 17.6 Å². The van der Waals surface area contributed by atoms with Crippen molar-refractivity contribution in [2.45, 2.75) is 24.9 Å². The predicted molar refractivity (Wildman–Crippen MR) is 98.0 cm³/mol. The van der Waals surface area contributed by atoms with Crippen molar-refractivity contribution in [2.75, 3.05) is 0 Å². The summed E-state index contributed by atoms with van der Waals surface area (Å²) in [6, 6.07) is 13.5. The molecule has 1 aliphatic rings. The second-order valence-electron chi connectivity index (χ2n) is 6.95. The highest BCUT2D eigenvalue weighted by Gasteiger charge is 2.35. The van der Waals surface area contributed by atoms with E-state index in [1.54, 1.807) is 10.7 Å². The Kier molecular flexibility index (Phi) is 4.64. The minimum Gasteiger partial charge on any atom is -0.286 e. The summed E-state index contributed by atoms with van der Waals surface area (Å²) in [5, 5.41) is 0. The molecule has 1 heterocycles. The number of carbonyl (C=O) groups is 1. The van der Waals surface area contributed by atoms with Crippen LogP contribution >= 0.6 is 0 Å². The molecule has 4 rings (SSSR count). The molecule has 3 aromatic rings. The molecule has 8 heteroatoms. The smallest absolute Gasteiger partial charge is 0.286 e. The monoisotopic (exact) mass is 403 g/mol. The summed E-state index contributed by atoms with van der Waals surface area (Å²) in [7, 11) is 1.83. The highest BCUT2D eigenvalue weighted by Crippen LogP contribution is 2.39. The van der Waals surface area contributed by atoms with Crippen LogP contribution < -0.4 is 5.49 Å². The Hall–Kier alpha value is -3.16. The van der Waals surface area contributed by atoms with Crippen LogP contribution in [0.2, 0.25) is 0 Å². The van der Waals surface area contributed by atoms with Crippen molar-refractivity contribution < 1.29 is 22.4 Å². The van der Waals surface area contributed by atoms with Crippen LogP contribution in [0, 0.1) is 5.82 Å². The molecule has 1 fully saturated rings. The number of rotatable bonds is 3. The average Bonchev–Trinajstić information content (AvgIpc) is 3.46. The summed E-state index contributed by atoms with van der Waals surface area (Å²) in [5.41, 5.74) is -0.261. The fourth-order valence-corrected chi connectivity index (χ4v) is 3.35. The first-order valence-electron chi connectivity index (χ1n) is 9.06. The van der Waals surface area contributed by atoms with Crippen LogP contribution in [-0.4, -0.2) is 15.3 Å². The number of hydrogen-bond donors (Lipinski definition) is 0. The first-order valence-corrected chi connectivity index (χ1v) is 9.06. The van der Waals surface area contributed by atoms with Crippen LogP contribution in [0.5, 0.6) is 0 Å². The predicted octanol–water partition coefficient (Wildman–Crippen LogP) is 4.59. The number of amides is 1. The van der Waals surface area contributed by atoms with E-state index < -0.39 is 29.0 Å². The van der Waals surface area contributed by atoms with Crippen molar-refractivity contribution in [3.63, 3.8) is 0 Å². The number of nitrogens with zero attached hydrogens (tertiary/aromatic N) is 3. The molecular weight excluding hydrogens is 386 g/mol. The van der Waals surface area contributed by atoms with E-state index in [1.165, 1.54) is 0 Å². The number of alkyl halides is 3. The Balaban J connectivity index is 1.85. The van der Waals surface area contributed by atoms with Crippen LogP contribution in [0.1, 0.15) is 40.4 Å². The van der Waals surface area contributed by atoms with Gasteiger partial charge in [-0.2, -0.15) is 18.2 Å². The van der Waals surface area contributed by atoms with E-state index in [-0.39, 0.29) is 5.49 Å². The number of halogens is 4. The molecule has 1 aromatic heterocycles. The van der Waals surface area contributed by atoms with Crippen molar-refractivity contribution in [3.8, 4) is 5.69 Å². The zero-order chi connectivity index (χ0) is 20.8. The molecule has 29 heavy (non-hydrogen) atoms. The Morgan fingerprint density at radius 1 is 1.07 bits per heavy atom. The van der Waals surface area contributed by atoms with Gasteiger partial charge in [0.05, 0.1) is 16.8 Å². The number of benzene rings is 2. The van der Waals surface area contributed by atoms with Crippen LogP contribution in [-0.2, 0) is 13.2 Å². The van der Waals surface area contributed by atoms with E-state index >= 15 is 0 Å². The van der Waals surface area contributed by atoms with Gasteiger partial charge in [0.25, 0.3) is 5.91 Å². The molecule has 0 bridgehead atoms. The fraction of sp³-hybridized carbons (Fsp3) is 0.238. The number of carbonyl (C=O) groups excluding carboxylic acids is 1. The SMILES string of the molecule is Cn1c(C2CC2)cc(=NC(=O)c2cccc(C(F)(F)F)c2F)n1-c1ccccc1. The summed E-state index contributed by atoms with van der Waals surface area (Å²) in [6.45, 7) is 0. The molecule has 1 amide bonds. The standard InChI is InChI=1S/C21H17F4N3O/c1-27-17(13-10-11-13)12-18(28(27)14-6-3-2-4-7-14)26-20(29)15-8-5-9-16(19(15)22)21(23,24)25/h2-9,12-13H,10-11H2,1H3. The van der Waals surface area contributed by atoms with Crippen LogP contribution in [0.25, 0.3) is 5.69 Å². The third kappa shape index (κ3) is 3.62.